The SMILES string of the molecule is C=C[C@H]1CN2CC[C@H]1C[C@H]2[C@H](Oc1ccccc1)c1ccnc2ccccc12. The number of benzene rings is 2. The van der Waals surface area contributed by atoms with Crippen molar-refractivity contribution in [1.82, 2.24) is 9.88 Å². The number of nitrogens with zero attached hydrogens (tertiary/aromatic N) is 2. The lowest BCUT2D eigenvalue weighted by molar-refractivity contribution is -0.0357. The predicted molar refractivity (Wildman–Crippen MR) is 113 cm³/mol. The van der Waals surface area contributed by atoms with E-state index in [-0.39, 0.29) is 6.10 Å². The zero-order valence-corrected chi connectivity index (χ0v) is 16.1. The molecule has 3 aliphatic heterocycles. The molecule has 3 saturated heterocycles. The van der Waals surface area contributed by atoms with Crippen LogP contribution >= 0.6 is 0 Å². The molecule has 0 N–H and O–H groups in total. The molecule has 4 heterocycles. The van der Waals surface area contributed by atoms with Crippen LogP contribution in [0.2, 0.25) is 0 Å². The standard InChI is InChI=1S/C25H26N2O/c1-2-18-17-27-15-13-19(18)16-24(27)25(28-20-8-4-3-5-9-20)22-12-14-26-23-11-7-6-10-21(22)23/h2-12,14,18-19,24-25H,1,13,15-17H2/t18-,19-,24-,25+/m0/s1. The van der Waals surface area contributed by atoms with Crippen LogP contribution in [0.15, 0.2) is 79.5 Å². The number of fused-ring (bicyclic) bond motifs is 4. The van der Waals surface area contributed by atoms with E-state index < -0.39 is 0 Å². The number of rotatable bonds is 5. The third-order valence-corrected chi connectivity index (χ3v) is 6.50. The van der Waals surface area contributed by atoms with Crippen molar-refractivity contribution in [1.29, 1.82) is 0 Å². The zero-order valence-electron chi connectivity index (χ0n) is 16.1. The van der Waals surface area contributed by atoms with Crippen molar-refractivity contribution in [3.05, 3.63) is 85.1 Å². The van der Waals surface area contributed by atoms with Crippen LogP contribution in [-0.2, 0) is 0 Å². The molecule has 142 valence electrons. The summed E-state index contributed by atoms with van der Waals surface area (Å²) in [6.07, 6.45) is 6.49. The highest BCUT2D eigenvalue weighted by atomic mass is 16.5. The van der Waals surface area contributed by atoms with Crippen molar-refractivity contribution >= 4 is 10.9 Å². The lowest BCUT2D eigenvalue weighted by atomic mass is 9.73. The molecule has 0 radical (unpaired) electrons. The summed E-state index contributed by atoms with van der Waals surface area (Å²) < 4.78 is 6.67. The molecule has 0 spiro atoms. The van der Waals surface area contributed by atoms with Crippen molar-refractivity contribution in [3.8, 4) is 5.75 Å². The van der Waals surface area contributed by atoms with Crippen LogP contribution in [0.5, 0.6) is 5.75 Å². The maximum Gasteiger partial charge on any atom is 0.140 e. The second kappa shape index (κ2) is 7.40. The Morgan fingerprint density at radius 1 is 1.07 bits per heavy atom. The van der Waals surface area contributed by atoms with E-state index in [4.69, 9.17) is 4.74 Å². The van der Waals surface area contributed by atoms with Gasteiger partial charge in [-0.3, -0.25) is 9.88 Å². The Morgan fingerprint density at radius 2 is 1.89 bits per heavy atom. The van der Waals surface area contributed by atoms with E-state index in [0.717, 1.165) is 30.8 Å². The molecule has 28 heavy (non-hydrogen) atoms. The smallest absolute Gasteiger partial charge is 0.140 e. The normalized spacial score (nSPS) is 27.4. The fourth-order valence-corrected chi connectivity index (χ4v) is 5.05. The van der Waals surface area contributed by atoms with E-state index in [1.54, 1.807) is 0 Å². The quantitative estimate of drug-likeness (QED) is 0.574. The van der Waals surface area contributed by atoms with Gasteiger partial charge in [-0.1, -0.05) is 42.5 Å². The minimum Gasteiger partial charge on any atom is -0.484 e. The van der Waals surface area contributed by atoms with E-state index in [0.29, 0.717) is 17.9 Å². The van der Waals surface area contributed by atoms with Gasteiger partial charge in [-0.25, -0.2) is 0 Å². The van der Waals surface area contributed by atoms with Gasteiger partial charge in [-0.05, 0) is 55.5 Å². The van der Waals surface area contributed by atoms with E-state index in [1.165, 1.54) is 17.4 Å². The summed E-state index contributed by atoms with van der Waals surface area (Å²) in [4.78, 5) is 7.19. The number of para-hydroxylation sites is 2. The third-order valence-electron chi connectivity index (χ3n) is 6.50. The highest BCUT2D eigenvalue weighted by Gasteiger charge is 2.43. The molecular formula is C25H26N2O. The Balaban J connectivity index is 1.57. The lowest BCUT2D eigenvalue weighted by Crippen LogP contribution is -2.55. The number of hydrogen-bond donors (Lipinski definition) is 0. The number of ether oxygens (including phenoxy) is 1. The Morgan fingerprint density at radius 3 is 2.68 bits per heavy atom. The lowest BCUT2D eigenvalue weighted by Gasteiger charge is -2.51. The molecule has 3 fully saturated rings. The highest BCUT2D eigenvalue weighted by molar-refractivity contribution is 5.82. The van der Waals surface area contributed by atoms with Crippen LogP contribution < -0.4 is 4.74 Å². The zero-order chi connectivity index (χ0) is 18.9. The van der Waals surface area contributed by atoms with Crippen molar-refractivity contribution in [2.24, 2.45) is 11.8 Å². The molecular weight excluding hydrogens is 344 g/mol. The molecule has 1 unspecified atom stereocenters. The third kappa shape index (κ3) is 3.10. The Kier molecular flexibility index (Phi) is 4.61. The van der Waals surface area contributed by atoms with Gasteiger partial charge in [-0.2, -0.15) is 0 Å². The first-order valence-electron chi connectivity index (χ1n) is 10.3. The molecule has 2 aromatic carbocycles. The van der Waals surface area contributed by atoms with Gasteiger partial charge < -0.3 is 4.74 Å². The van der Waals surface area contributed by atoms with Gasteiger partial charge in [0.2, 0.25) is 0 Å². The molecule has 0 aliphatic carbocycles. The predicted octanol–water partition coefficient (Wildman–Crippen LogP) is 5.25. The van der Waals surface area contributed by atoms with Crippen LogP contribution in [-0.4, -0.2) is 29.0 Å². The molecule has 0 saturated carbocycles. The summed E-state index contributed by atoms with van der Waals surface area (Å²) in [5, 5.41) is 1.19. The molecule has 6 rings (SSSR count). The van der Waals surface area contributed by atoms with Crippen molar-refractivity contribution in [2.75, 3.05) is 13.1 Å². The van der Waals surface area contributed by atoms with Crippen LogP contribution in [0.25, 0.3) is 10.9 Å². The summed E-state index contributed by atoms with van der Waals surface area (Å²) in [5.74, 6) is 2.25. The van der Waals surface area contributed by atoms with Gasteiger partial charge in [-0.15, -0.1) is 6.58 Å². The molecule has 3 heteroatoms. The highest BCUT2D eigenvalue weighted by Crippen LogP contribution is 2.43. The molecule has 3 aromatic rings. The Hall–Kier alpha value is -2.65. The van der Waals surface area contributed by atoms with Gasteiger partial charge in [0.1, 0.15) is 11.9 Å². The average molecular weight is 370 g/mol. The van der Waals surface area contributed by atoms with Gasteiger partial charge >= 0.3 is 0 Å². The molecule has 2 bridgehead atoms. The number of pyridine rings is 1. The maximum atomic E-state index is 6.67. The van der Waals surface area contributed by atoms with E-state index in [1.807, 2.05) is 30.5 Å². The molecule has 3 aliphatic rings. The first-order valence-corrected chi connectivity index (χ1v) is 10.3. The minimum absolute atomic E-state index is 0.0103. The summed E-state index contributed by atoms with van der Waals surface area (Å²) >= 11 is 0. The van der Waals surface area contributed by atoms with E-state index >= 15 is 0 Å². The topological polar surface area (TPSA) is 25.4 Å². The second-order valence-electron chi connectivity index (χ2n) is 8.02. The van der Waals surface area contributed by atoms with Crippen molar-refractivity contribution in [3.63, 3.8) is 0 Å². The fraction of sp³-hybridized carbons (Fsp3) is 0.320. The number of aromatic nitrogens is 1. The summed E-state index contributed by atoms with van der Waals surface area (Å²) in [6, 6.07) is 21.1. The first-order chi connectivity index (χ1) is 13.8. The maximum absolute atomic E-state index is 6.67. The Labute approximate surface area is 166 Å². The average Bonchev–Trinajstić information content (AvgIpc) is 2.78. The van der Waals surface area contributed by atoms with Crippen LogP contribution in [0.3, 0.4) is 0 Å². The van der Waals surface area contributed by atoms with Crippen molar-refractivity contribution < 1.29 is 4.74 Å². The first kappa shape index (κ1) is 17.4. The molecule has 5 atom stereocenters. The number of hydrogen-bond acceptors (Lipinski definition) is 3. The number of piperidine rings is 3. The Bertz CT molecular complexity index is 965. The van der Waals surface area contributed by atoms with Crippen LogP contribution in [0.1, 0.15) is 24.5 Å². The van der Waals surface area contributed by atoms with Gasteiger partial charge in [0.15, 0.2) is 0 Å². The largest absolute Gasteiger partial charge is 0.484 e. The fourth-order valence-electron chi connectivity index (χ4n) is 5.05. The van der Waals surface area contributed by atoms with Gasteiger partial charge in [0, 0.05) is 23.7 Å². The molecule has 1 aromatic heterocycles. The summed E-state index contributed by atoms with van der Waals surface area (Å²) in [6.45, 7) is 6.32. The molecule has 3 nitrogen and oxygen atoms in total. The minimum atomic E-state index is -0.0103. The monoisotopic (exact) mass is 370 g/mol. The molecule has 0 amide bonds. The summed E-state index contributed by atoms with van der Waals surface area (Å²) in [7, 11) is 0. The van der Waals surface area contributed by atoms with E-state index in [9.17, 15) is 0 Å². The van der Waals surface area contributed by atoms with Crippen LogP contribution in [0.4, 0.5) is 0 Å². The van der Waals surface area contributed by atoms with Gasteiger partial charge in [0.05, 0.1) is 11.6 Å². The van der Waals surface area contributed by atoms with Crippen molar-refractivity contribution in [2.45, 2.75) is 25.0 Å². The summed E-state index contributed by atoms with van der Waals surface area (Å²) in [5.41, 5.74) is 2.27. The van der Waals surface area contributed by atoms with Crippen LogP contribution in [0, 0.1) is 11.8 Å². The second-order valence-corrected chi connectivity index (χ2v) is 8.02. The van der Waals surface area contributed by atoms with E-state index in [2.05, 4.69) is 58.9 Å². The van der Waals surface area contributed by atoms with Gasteiger partial charge in [0.25, 0.3) is 0 Å².